The van der Waals surface area contributed by atoms with Crippen LogP contribution in [0.4, 0.5) is 8.78 Å². The third-order valence-corrected chi connectivity index (χ3v) is 2.54. The Morgan fingerprint density at radius 2 is 2.00 bits per heavy atom. The Labute approximate surface area is 71.7 Å². The van der Waals surface area contributed by atoms with Gasteiger partial charge in [-0.1, -0.05) is 12.1 Å². The van der Waals surface area contributed by atoms with Gasteiger partial charge in [0.15, 0.2) is 5.01 Å². The van der Waals surface area contributed by atoms with Crippen molar-refractivity contribution in [2.75, 3.05) is 0 Å². The van der Waals surface area contributed by atoms with Crippen LogP contribution in [0.1, 0.15) is 11.4 Å². The maximum Gasteiger partial charge on any atom is 0.289 e. The van der Waals surface area contributed by atoms with Gasteiger partial charge in [0.2, 0.25) is 0 Å². The standard InChI is InChI=1S/C8H5F2NS/c9-7(10)8-11-5-3-1-2-4-6(5)12-8/h1-4,7H. The summed E-state index contributed by atoms with van der Waals surface area (Å²) in [4.78, 5) is 3.78. The third kappa shape index (κ3) is 1.18. The van der Waals surface area contributed by atoms with Crippen molar-refractivity contribution < 1.29 is 8.78 Å². The van der Waals surface area contributed by atoms with Crippen molar-refractivity contribution in [3.63, 3.8) is 0 Å². The molecule has 1 heterocycles. The van der Waals surface area contributed by atoms with Crippen LogP contribution < -0.4 is 0 Å². The Bertz CT molecular complexity index is 364. The molecule has 0 aliphatic carbocycles. The van der Waals surface area contributed by atoms with E-state index < -0.39 is 6.43 Å². The SMILES string of the molecule is FC(F)c1nc2ccccc2s1. The van der Waals surface area contributed by atoms with Gasteiger partial charge in [0.05, 0.1) is 10.2 Å². The van der Waals surface area contributed by atoms with Crippen LogP contribution in [0.3, 0.4) is 0 Å². The van der Waals surface area contributed by atoms with Gasteiger partial charge in [-0.25, -0.2) is 13.8 Å². The normalized spacial score (nSPS) is 11.2. The number of fused-ring (bicyclic) bond motifs is 1. The second-order valence-electron chi connectivity index (χ2n) is 2.32. The summed E-state index contributed by atoms with van der Waals surface area (Å²) in [6.45, 7) is 0. The molecule has 4 heteroatoms. The molecule has 0 aliphatic rings. The first kappa shape index (κ1) is 7.61. The monoisotopic (exact) mass is 185 g/mol. The van der Waals surface area contributed by atoms with E-state index in [1.165, 1.54) is 0 Å². The molecular formula is C8H5F2NS. The smallest absolute Gasteiger partial charge is 0.235 e. The molecule has 0 saturated heterocycles. The Morgan fingerprint density at radius 1 is 1.25 bits per heavy atom. The van der Waals surface area contributed by atoms with Gasteiger partial charge in [-0.15, -0.1) is 11.3 Å². The molecule has 0 aliphatic heterocycles. The van der Waals surface area contributed by atoms with Gasteiger partial charge < -0.3 is 0 Å². The van der Waals surface area contributed by atoms with E-state index >= 15 is 0 Å². The predicted octanol–water partition coefficient (Wildman–Crippen LogP) is 3.23. The average molecular weight is 185 g/mol. The number of aromatic nitrogens is 1. The number of halogens is 2. The molecule has 0 fully saturated rings. The Balaban J connectivity index is 2.62. The van der Waals surface area contributed by atoms with Crippen molar-refractivity contribution >= 4 is 21.6 Å². The maximum atomic E-state index is 12.2. The fraction of sp³-hybridized carbons (Fsp3) is 0.125. The van der Waals surface area contributed by atoms with Crippen LogP contribution in [-0.4, -0.2) is 4.98 Å². The molecule has 0 saturated carbocycles. The molecule has 0 atom stereocenters. The summed E-state index contributed by atoms with van der Waals surface area (Å²) in [6.07, 6.45) is -2.46. The number of benzene rings is 1. The number of para-hydroxylation sites is 1. The van der Waals surface area contributed by atoms with Crippen molar-refractivity contribution in [2.45, 2.75) is 6.43 Å². The molecule has 0 spiro atoms. The molecule has 0 N–H and O–H groups in total. The van der Waals surface area contributed by atoms with Gasteiger partial charge in [0.25, 0.3) is 6.43 Å². The van der Waals surface area contributed by atoms with E-state index in [0.717, 1.165) is 16.0 Å². The zero-order valence-electron chi connectivity index (χ0n) is 6.00. The van der Waals surface area contributed by atoms with Crippen LogP contribution in [0.5, 0.6) is 0 Å². The van der Waals surface area contributed by atoms with Crippen molar-refractivity contribution in [3.05, 3.63) is 29.3 Å². The molecular weight excluding hydrogens is 180 g/mol. The zero-order valence-corrected chi connectivity index (χ0v) is 6.81. The zero-order chi connectivity index (χ0) is 8.55. The highest BCUT2D eigenvalue weighted by Crippen LogP contribution is 2.28. The minimum absolute atomic E-state index is 0.101. The molecule has 62 valence electrons. The minimum Gasteiger partial charge on any atom is -0.235 e. The number of thiazole rings is 1. The highest BCUT2D eigenvalue weighted by Gasteiger charge is 2.12. The third-order valence-electron chi connectivity index (χ3n) is 1.50. The lowest BCUT2D eigenvalue weighted by atomic mass is 10.3. The summed E-state index contributed by atoms with van der Waals surface area (Å²) in [5, 5.41) is -0.101. The summed E-state index contributed by atoms with van der Waals surface area (Å²) in [6, 6.07) is 7.13. The number of nitrogens with zero attached hydrogens (tertiary/aromatic N) is 1. The van der Waals surface area contributed by atoms with Crippen LogP contribution >= 0.6 is 11.3 Å². The molecule has 12 heavy (non-hydrogen) atoms. The Hall–Kier alpha value is -1.03. The lowest BCUT2D eigenvalue weighted by Crippen LogP contribution is -1.78. The molecule has 1 nitrogen and oxygen atoms in total. The van der Waals surface area contributed by atoms with Crippen molar-refractivity contribution in [1.82, 2.24) is 4.98 Å². The first-order valence-electron chi connectivity index (χ1n) is 3.41. The van der Waals surface area contributed by atoms with Gasteiger partial charge in [-0.2, -0.15) is 0 Å². The highest BCUT2D eigenvalue weighted by molar-refractivity contribution is 7.18. The summed E-state index contributed by atoms with van der Waals surface area (Å²) in [5.41, 5.74) is 0.651. The molecule has 1 aromatic heterocycles. The van der Waals surface area contributed by atoms with E-state index in [1.807, 2.05) is 6.07 Å². The van der Waals surface area contributed by atoms with E-state index in [0.29, 0.717) is 5.52 Å². The second kappa shape index (κ2) is 2.79. The Kier molecular flexibility index (Phi) is 1.77. The predicted molar refractivity (Wildman–Crippen MR) is 44.6 cm³/mol. The molecule has 0 amide bonds. The van der Waals surface area contributed by atoms with Crippen LogP contribution in [0, 0.1) is 0 Å². The average Bonchev–Trinajstić information content (AvgIpc) is 2.46. The molecule has 2 rings (SSSR count). The van der Waals surface area contributed by atoms with Crippen LogP contribution in [-0.2, 0) is 0 Å². The number of hydrogen-bond donors (Lipinski definition) is 0. The molecule has 1 aromatic carbocycles. The van der Waals surface area contributed by atoms with E-state index in [-0.39, 0.29) is 5.01 Å². The van der Waals surface area contributed by atoms with Gasteiger partial charge in [-0.3, -0.25) is 0 Å². The highest BCUT2D eigenvalue weighted by atomic mass is 32.1. The molecule has 0 unspecified atom stereocenters. The number of rotatable bonds is 1. The summed E-state index contributed by atoms with van der Waals surface area (Å²) >= 11 is 1.04. The fourth-order valence-electron chi connectivity index (χ4n) is 0.983. The maximum absolute atomic E-state index is 12.2. The van der Waals surface area contributed by atoms with Gasteiger partial charge >= 0.3 is 0 Å². The van der Waals surface area contributed by atoms with Crippen molar-refractivity contribution in [2.24, 2.45) is 0 Å². The van der Waals surface area contributed by atoms with E-state index in [4.69, 9.17) is 0 Å². The lowest BCUT2D eigenvalue weighted by molar-refractivity contribution is 0.151. The molecule has 0 radical (unpaired) electrons. The largest absolute Gasteiger partial charge is 0.289 e. The van der Waals surface area contributed by atoms with Gasteiger partial charge in [-0.05, 0) is 12.1 Å². The van der Waals surface area contributed by atoms with Crippen LogP contribution in [0.25, 0.3) is 10.2 Å². The van der Waals surface area contributed by atoms with Crippen LogP contribution in [0.15, 0.2) is 24.3 Å². The number of alkyl halides is 2. The van der Waals surface area contributed by atoms with Crippen molar-refractivity contribution in [1.29, 1.82) is 0 Å². The van der Waals surface area contributed by atoms with Gasteiger partial charge in [0, 0.05) is 0 Å². The van der Waals surface area contributed by atoms with Crippen molar-refractivity contribution in [3.8, 4) is 0 Å². The summed E-state index contributed by atoms with van der Waals surface area (Å²) in [7, 11) is 0. The fourth-order valence-corrected chi connectivity index (χ4v) is 1.81. The van der Waals surface area contributed by atoms with E-state index in [9.17, 15) is 8.78 Å². The second-order valence-corrected chi connectivity index (χ2v) is 3.38. The number of hydrogen-bond acceptors (Lipinski definition) is 2. The Morgan fingerprint density at radius 3 is 2.67 bits per heavy atom. The first-order valence-corrected chi connectivity index (χ1v) is 4.22. The summed E-state index contributed by atoms with van der Waals surface area (Å²) < 4.78 is 25.1. The topological polar surface area (TPSA) is 12.9 Å². The lowest BCUT2D eigenvalue weighted by Gasteiger charge is -1.86. The first-order chi connectivity index (χ1) is 5.77. The quantitative estimate of drug-likeness (QED) is 0.664. The van der Waals surface area contributed by atoms with Crippen LogP contribution in [0.2, 0.25) is 0 Å². The minimum atomic E-state index is -2.46. The van der Waals surface area contributed by atoms with E-state index in [1.54, 1.807) is 18.2 Å². The molecule has 2 aromatic rings. The summed E-state index contributed by atoms with van der Waals surface area (Å²) in [5.74, 6) is 0. The van der Waals surface area contributed by atoms with E-state index in [2.05, 4.69) is 4.98 Å². The molecule has 0 bridgehead atoms. The van der Waals surface area contributed by atoms with Gasteiger partial charge in [0.1, 0.15) is 0 Å².